The summed E-state index contributed by atoms with van der Waals surface area (Å²) >= 11 is 0. The van der Waals surface area contributed by atoms with E-state index in [-0.39, 0.29) is 23.5 Å². The Bertz CT molecular complexity index is 475. The van der Waals surface area contributed by atoms with E-state index in [1.165, 1.54) is 6.07 Å². The zero-order valence-electron chi connectivity index (χ0n) is 9.39. The summed E-state index contributed by atoms with van der Waals surface area (Å²) in [5, 5.41) is 0. The number of ether oxygens (including phenoxy) is 1. The molecule has 0 N–H and O–H groups in total. The predicted octanol–water partition coefficient (Wildman–Crippen LogP) is 3.45. The molecular formula is C12H11F3O2. The molecule has 0 atom stereocenters. The second-order valence-corrected chi connectivity index (χ2v) is 4.67. The van der Waals surface area contributed by atoms with Crippen LogP contribution < -0.4 is 4.74 Å². The van der Waals surface area contributed by atoms with Gasteiger partial charge in [-0.3, -0.25) is 4.79 Å². The summed E-state index contributed by atoms with van der Waals surface area (Å²) in [5.74, 6) is -0.175. The van der Waals surface area contributed by atoms with Crippen LogP contribution >= 0.6 is 0 Å². The van der Waals surface area contributed by atoms with Crippen molar-refractivity contribution in [3.8, 4) is 5.75 Å². The number of ketones is 1. The average molecular weight is 244 g/mol. The molecule has 0 saturated carbocycles. The number of hydrogen-bond donors (Lipinski definition) is 0. The van der Waals surface area contributed by atoms with E-state index in [9.17, 15) is 18.0 Å². The van der Waals surface area contributed by atoms with Gasteiger partial charge in [0.25, 0.3) is 0 Å². The van der Waals surface area contributed by atoms with Gasteiger partial charge in [0.1, 0.15) is 11.4 Å². The van der Waals surface area contributed by atoms with Crippen molar-refractivity contribution < 1.29 is 22.7 Å². The molecule has 17 heavy (non-hydrogen) atoms. The molecule has 2 rings (SSSR count). The third-order valence-corrected chi connectivity index (χ3v) is 2.58. The first kappa shape index (κ1) is 12.0. The molecule has 1 aromatic rings. The highest BCUT2D eigenvalue weighted by atomic mass is 19.4. The maximum atomic E-state index is 12.5. The smallest absolute Gasteiger partial charge is 0.416 e. The van der Waals surface area contributed by atoms with Crippen LogP contribution in [0.2, 0.25) is 0 Å². The second kappa shape index (κ2) is 3.48. The van der Waals surface area contributed by atoms with Gasteiger partial charge in [-0.2, -0.15) is 13.2 Å². The molecule has 5 heteroatoms. The van der Waals surface area contributed by atoms with Gasteiger partial charge in [0.15, 0.2) is 5.78 Å². The number of carbonyl (C=O) groups excluding carboxylic acids is 1. The van der Waals surface area contributed by atoms with Gasteiger partial charge in [-0.15, -0.1) is 0 Å². The van der Waals surface area contributed by atoms with Crippen LogP contribution in [0.1, 0.15) is 36.2 Å². The van der Waals surface area contributed by atoms with Crippen molar-refractivity contribution in [2.45, 2.75) is 32.0 Å². The van der Waals surface area contributed by atoms with Gasteiger partial charge in [0, 0.05) is 0 Å². The summed E-state index contributed by atoms with van der Waals surface area (Å²) in [6.45, 7) is 3.35. The standard InChI is InChI=1S/C12H11F3O2/c1-11(2)6-9(16)8-4-3-7(12(13,14)15)5-10(8)17-11/h3-5H,6H2,1-2H3. The zero-order chi connectivity index (χ0) is 12.8. The Hall–Kier alpha value is -1.52. The van der Waals surface area contributed by atoms with Crippen molar-refractivity contribution in [3.63, 3.8) is 0 Å². The van der Waals surface area contributed by atoms with Crippen LogP contribution in [0.25, 0.3) is 0 Å². The largest absolute Gasteiger partial charge is 0.487 e. The normalized spacial score (nSPS) is 18.5. The molecule has 0 aromatic heterocycles. The summed E-state index contributed by atoms with van der Waals surface area (Å²) < 4.78 is 42.9. The molecule has 0 radical (unpaired) electrons. The quantitative estimate of drug-likeness (QED) is 0.698. The molecule has 92 valence electrons. The van der Waals surface area contributed by atoms with Crippen molar-refractivity contribution in [1.82, 2.24) is 0 Å². The minimum atomic E-state index is -4.43. The van der Waals surface area contributed by atoms with Crippen molar-refractivity contribution in [3.05, 3.63) is 29.3 Å². The van der Waals surface area contributed by atoms with Gasteiger partial charge in [-0.1, -0.05) is 0 Å². The Morgan fingerprint density at radius 3 is 2.53 bits per heavy atom. The molecule has 1 aromatic carbocycles. The fourth-order valence-corrected chi connectivity index (χ4v) is 1.83. The topological polar surface area (TPSA) is 26.3 Å². The number of alkyl halides is 3. The first-order valence-corrected chi connectivity index (χ1v) is 5.12. The van der Waals surface area contributed by atoms with E-state index < -0.39 is 17.3 Å². The van der Waals surface area contributed by atoms with Crippen LogP contribution in [-0.2, 0) is 6.18 Å². The fourth-order valence-electron chi connectivity index (χ4n) is 1.83. The number of Topliss-reactive ketones (excluding diaryl/α,β-unsaturated/α-hetero) is 1. The molecule has 2 nitrogen and oxygen atoms in total. The predicted molar refractivity (Wildman–Crippen MR) is 55.1 cm³/mol. The summed E-state index contributed by atoms with van der Waals surface area (Å²) in [4.78, 5) is 11.7. The first-order valence-electron chi connectivity index (χ1n) is 5.12. The van der Waals surface area contributed by atoms with Gasteiger partial charge in [-0.25, -0.2) is 0 Å². The van der Waals surface area contributed by atoms with Crippen LogP contribution in [0.15, 0.2) is 18.2 Å². The number of fused-ring (bicyclic) bond motifs is 1. The number of rotatable bonds is 0. The second-order valence-electron chi connectivity index (χ2n) is 4.67. The third kappa shape index (κ3) is 2.28. The zero-order valence-corrected chi connectivity index (χ0v) is 9.39. The molecule has 1 heterocycles. The molecule has 0 unspecified atom stereocenters. The van der Waals surface area contributed by atoms with E-state index in [2.05, 4.69) is 0 Å². The van der Waals surface area contributed by atoms with E-state index in [1.54, 1.807) is 13.8 Å². The number of halogens is 3. The minimum Gasteiger partial charge on any atom is -0.487 e. The lowest BCUT2D eigenvalue weighted by Crippen LogP contribution is -2.36. The lowest BCUT2D eigenvalue weighted by molar-refractivity contribution is -0.137. The Morgan fingerprint density at radius 1 is 1.29 bits per heavy atom. The molecule has 0 saturated heterocycles. The first-order chi connectivity index (χ1) is 7.69. The molecular weight excluding hydrogens is 233 g/mol. The van der Waals surface area contributed by atoms with Gasteiger partial charge >= 0.3 is 6.18 Å². The van der Waals surface area contributed by atoms with Gasteiger partial charge < -0.3 is 4.74 Å². The molecule has 0 aliphatic carbocycles. The maximum Gasteiger partial charge on any atom is 0.416 e. The van der Waals surface area contributed by atoms with E-state index >= 15 is 0 Å². The third-order valence-electron chi connectivity index (χ3n) is 2.58. The van der Waals surface area contributed by atoms with Crippen LogP contribution in [0.4, 0.5) is 13.2 Å². The van der Waals surface area contributed by atoms with Crippen molar-refractivity contribution in [2.75, 3.05) is 0 Å². The molecule has 1 aliphatic rings. The highest BCUT2D eigenvalue weighted by Crippen LogP contribution is 2.38. The Balaban J connectivity index is 2.49. The van der Waals surface area contributed by atoms with Crippen molar-refractivity contribution in [1.29, 1.82) is 0 Å². The fraction of sp³-hybridized carbons (Fsp3) is 0.417. The number of carbonyl (C=O) groups is 1. The van der Waals surface area contributed by atoms with E-state index in [0.717, 1.165) is 12.1 Å². The van der Waals surface area contributed by atoms with Crippen LogP contribution in [-0.4, -0.2) is 11.4 Å². The van der Waals surface area contributed by atoms with E-state index in [1.807, 2.05) is 0 Å². The molecule has 0 spiro atoms. The van der Waals surface area contributed by atoms with Gasteiger partial charge in [0.05, 0.1) is 17.5 Å². The SMILES string of the molecule is CC1(C)CC(=O)c2ccc(C(F)(F)F)cc2O1. The Morgan fingerprint density at radius 2 is 1.94 bits per heavy atom. The molecule has 0 bridgehead atoms. The monoisotopic (exact) mass is 244 g/mol. The lowest BCUT2D eigenvalue weighted by Gasteiger charge is -2.31. The summed E-state index contributed by atoms with van der Waals surface area (Å²) in [7, 11) is 0. The van der Waals surface area contributed by atoms with Crippen molar-refractivity contribution in [2.24, 2.45) is 0 Å². The van der Waals surface area contributed by atoms with E-state index in [0.29, 0.717) is 0 Å². The summed E-state index contributed by atoms with van der Waals surface area (Å²) in [6.07, 6.45) is -4.26. The van der Waals surface area contributed by atoms with Crippen LogP contribution in [0, 0.1) is 0 Å². The summed E-state index contributed by atoms with van der Waals surface area (Å²) in [5.41, 5.74) is -1.34. The average Bonchev–Trinajstić information content (AvgIpc) is 2.13. The van der Waals surface area contributed by atoms with Crippen molar-refractivity contribution >= 4 is 5.78 Å². The number of hydrogen-bond acceptors (Lipinski definition) is 2. The molecule has 1 aliphatic heterocycles. The lowest BCUT2D eigenvalue weighted by atomic mass is 9.92. The highest BCUT2D eigenvalue weighted by Gasteiger charge is 2.36. The maximum absolute atomic E-state index is 12.5. The van der Waals surface area contributed by atoms with Crippen LogP contribution in [0.5, 0.6) is 5.75 Å². The molecule has 0 amide bonds. The summed E-state index contributed by atoms with van der Waals surface area (Å²) in [6, 6.07) is 2.96. The van der Waals surface area contributed by atoms with Crippen LogP contribution in [0.3, 0.4) is 0 Å². The number of benzene rings is 1. The minimum absolute atomic E-state index is 0.0149. The van der Waals surface area contributed by atoms with E-state index in [4.69, 9.17) is 4.74 Å². The van der Waals surface area contributed by atoms with Gasteiger partial charge in [0.2, 0.25) is 0 Å². The highest BCUT2D eigenvalue weighted by molar-refractivity contribution is 6.00. The Labute approximate surface area is 96.4 Å². The Kier molecular flexibility index (Phi) is 2.45. The van der Waals surface area contributed by atoms with Gasteiger partial charge in [-0.05, 0) is 32.0 Å². The molecule has 0 fully saturated rings.